The highest BCUT2D eigenvalue weighted by Crippen LogP contribution is 2.33. The summed E-state index contributed by atoms with van der Waals surface area (Å²) in [6, 6.07) is 0. The molecule has 0 amide bonds. The topological polar surface area (TPSA) is 87.1 Å². The number of rotatable bonds is 4. The maximum Gasteiger partial charge on any atom is 0.232 e. The van der Waals surface area contributed by atoms with Crippen LogP contribution in [0.15, 0.2) is 9.90 Å². The van der Waals surface area contributed by atoms with Crippen molar-refractivity contribution >= 4 is 16.5 Å². The average Bonchev–Trinajstić information content (AvgIpc) is 2.88. The molecule has 0 aliphatic rings. The van der Waals surface area contributed by atoms with E-state index in [9.17, 15) is 0 Å². The Bertz CT molecular complexity index is 544. The second kappa shape index (κ2) is 5.26. The largest absolute Gasteiger partial charge is 0.375 e. The Morgan fingerprint density at radius 2 is 2.16 bits per heavy atom. The molecule has 104 valence electrons. The molecule has 0 saturated heterocycles. The number of nitrogens with zero attached hydrogens (tertiary/aromatic N) is 3. The molecule has 0 spiro atoms. The summed E-state index contributed by atoms with van der Waals surface area (Å²) in [5.41, 5.74) is 6.32. The second-order valence-electron chi connectivity index (χ2n) is 5.38. The van der Waals surface area contributed by atoms with Crippen LogP contribution in [0.25, 0.3) is 0 Å². The van der Waals surface area contributed by atoms with Crippen molar-refractivity contribution in [1.82, 2.24) is 15.1 Å². The molecule has 0 fully saturated rings. The second-order valence-corrected chi connectivity index (χ2v) is 6.27. The van der Waals surface area contributed by atoms with E-state index >= 15 is 0 Å². The zero-order chi connectivity index (χ0) is 14.0. The van der Waals surface area contributed by atoms with Gasteiger partial charge in [-0.2, -0.15) is 4.98 Å². The van der Waals surface area contributed by atoms with Crippen molar-refractivity contribution in [3.63, 3.8) is 0 Å². The predicted molar refractivity (Wildman–Crippen MR) is 72.8 cm³/mol. The first-order chi connectivity index (χ1) is 8.90. The van der Waals surface area contributed by atoms with Gasteiger partial charge in [-0.1, -0.05) is 25.9 Å². The van der Waals surface area contributed by atoms with Crippen molar-refractivity contribution in [1.29, 1.82) is 0 Å². The zero-order valence-electron chi connectivity index (χ0n) is 11.5. The van der Waals surface area contributed by atoms with Gasteiger partial charge in [-0.15, -0.1) is 11.3 Å². The van der Waals surface area contributed by atoms with Crippen molar-refractivity contribution in [2.75, 3.05) is 12.8 Å². The molecule has 6 nitrogen and oxygen atoms in total. The van der Waals surface area contributed by atoms with Gasteiger partial charge in [-0.05, 0) is 5.41 Å². The fraction of sp³-hybridized carbons (Fsp3) is 0.583. The van der Waals surface area contributed by atoms with Crippen LogP contribution in [-0.4, -0.2) is 22.2 Å². The number of hydrogen-bond donors (Lipinski definition) is 1. The van der Waals surface area contributed by atoms with Crippen LogP contribution in [0.2, 0.25) is 0 Å². The molecule has 7 heteroatoms. The third-order valence-corrected chi connectivity index (χ3v) is 3.37. The maximum atomic E-state index is 5.59. The molecule has 1 unspecified atom stereocenters. The van der Waals surface area contributed by atoms with Crippen LogP contribution < -0.4 is 5.73 Å². The summed E-state index contributed by atoms with van der Waals surface area (Å²) in [6.45, 7) is 6.20. The highest BCUT2D eigenvalue weighted by molar-refractivity contribution is 7.13. The molecule has 0 saturated carbocycles. The minimum atomic E-state index is -0.203. The molecule has 2 heterocycles. The van der Waals surface area contributed by atoms with E-state index in [1.165, 1.54) is 11.3 Å². The van der Waals surface area contributed by atoms with E-state index in [4.69, 9.17) is 15.0 Å². The van der Waals surface area contributed by atoms with Crippen molar-refractivity contribution in [3.05, 3.63) is 22.8 Å². The van der Waals surface area contributed by atoms with Crippen LogP contribution in [0.5, 0.6) is 0 Å². The summed E-state index contributed by atoms with van der Waals surface area (Å²) in [7, 11) is 1.65. The van der Waals surface area contributed by atoms with E-state index in [-0.39, 0.29) is 11.5 Å². The van der Waals surface area contributed by atoms with Gasteiger partial charge in [0, 0.05) is 12.5 Å². The number of hydrogen-bond acceptors (Lipinski definition) is 7. The van der Waals surface area contributed by atoms with Gasteiger partial charge in [-0.25, -0.2) is 4.98 Å². The Balaban J connectivity index is 2.14. The minimum absolute atomic E-state index is 0.0963. The molecule has 2 aromatic heterocycles. The summed E-state index contributed by atoms with van der Waals surface area (Å²) in [5.74, 6) is 1.08. The van der Waals surface area contributed by atoms with Crippen LogP contribution in [0, 0.1) is 5.41 Å². The normalized spacial score (nSPS) is 13.7. The number of ether oxygens (including phenoxy) is 1. The smallest absolute Gasteiger partial charge is 0.232 e. The summed E-state index contributed by atoms with van der Waals surface area (Å²) in [6.07, 6.45) is 0.284. The molecule has 2 aromatic rings. The average molecular weight is 282 g/mol. The molecule has 1 atom stereocenters. The lowest BCUT2D eigenvalue weighted by Crippen LogP contribution is -2.21. The van der Waals surface area contributed by atoms with E-state index in [0.29, 0.717) is 23.3 Å². The van der Waals surface area contributed by atoms with Gasteiger partial charge in [0.05, 0.1) is 12.1 Å². The Hall–Kier alpha value is -1.47. The molecule has 19 heavy (non-hydrogen) atoms. The van der Waals surface area contributed by atoms with E-state index in [2.05, 4.69) is 35.9 Å². The van der Waals surface area contributed by atoms with Crippen molar-refractivity contribution in [3.8, 4) is 0 Å². The van der Waals surface area contributed by atoms with E-state index in [1.807, 2.05) is 5.38 Å². The number of nitrogen functional groups attached to an aromatic ring is 1. The molecular weight excluding hydrogens is 264 g/mol. The van der Waals surface area contributed by atoms with Crippen LogP contribution in [-0.2, 0) is 11.2 Å². The Morgan fingerprint density at radius 1 is 1.42 bits per heavy atom. The molecule has 0 bridgehead atoms. The number of thiazole rings is 1. The molecule has 0 aliphatic carbocycles. The lowest BCUT2D eigenvalue weighted by atomic mass is 9.88. The monoisotopic (exact) mass is 282 g/mol. The van der Waals surface area contributed by atoms with Gasteiger partial charge in [0.2, 0.25) is 11.7 Å². The lowest BCUT2D eigenvalue weighted by Gasteiger charge is -2.26. The standard InChI is InChI=1S/C12H18N4O2S/c1-12(2,3)9(17-4)10-15-8(18-16-10)5-7-6-19-11(13)14-7/h6,9H,5H2,1-4H3,(H2,13,14). The molecule has 2 N–H and O–H groups in total. The van der Waals surface area contributed by atoms with Crippen LogP contribution >= 0.6 is 11.3 Å². The Morgan fingerprint density at radius 3 is 2.68 bits per heavy atom. The molecular formula is C12H18N4O2S. The number of methoxy groups -OCH3 is 1. The summed E-state index contributed by atoms with van der Waals surface area (Å²) >= 11 is 1.40. The summed E-state index contributed by atoms with van der Waals surface area (Å²) < 4.78 is 10.7. The van der Waals surface area contributed by atoms with Gasteiger partial charge in [0.1, 0.15) is 6.10 Å². The molecule has 0 aliphatic heterocycles. The highest BCUT2D eigenvalue weighted by atomic mass is 32.1. The van der Waals surface area contributed by atoms with Gasteiger partial charge in [0.15, 0.2) is 5.13 Å². The number of aromatic nitrogens is 3. The van der Waals surface area contributed by atoms with Gasteiger partial charge >= 0.3 is 0 Å². The zero-order valence-corrected chi connectivity index (χ0v) is 12.3. The Labute approximate surface area is 116 Å². The molecule has 2 rings (SSSR count). The predicted octanol–water partition coefficient (Wildman–Crippen LogP) is 2.43. The molecule has 0 radical (unpaired) electrons. The maximum absolute atomic E-state index is 5.59. The summed E-state index contributed by atoms with van der Waals surface area (Å²) in [4.78, 5) is 8.54. The summed E-state index contributed by atoms with van der Waals surface area (Å²) in [5, 5.41) is 6.42. The fourth-order valence-electron chi connectivity index (χ4n) is 1.85. The minimum Gasteiger partial charge on any atom is -0.375 e. The van der Waals surface area contributed by atoms with E-state index < -0.39 is 0 Å². The SMILES string of the molecule is COC(c1noc(Cc2csc(N)n2)n1)C(C)(C)C. The van der Waals surface area contributed by atoms with Crippen molar-refractivity contribution < 1.29 is 9.26 Å². The van der Waals surface area contributed by atoms with Crippen LogP contribution in [0.3, 0.4) is 0 Å². The quantitative estimate of drug-likeness (QED) is 0.926. The van der Waals surface area contributed by atoms with Crippen molar-refractivity contribution in [2.45, 2.75) is 33.3 Å². The highest BCUT2D eigenvalue weighted by Gasteiger charge is 2.30. The number of nitrogens with two attached hydrogens (primary N) is 1. The third kappa shape index (κ3) is 3.30. The van der Waals surface area contributed by atoms with Crippen LogP contribution in [0.4, 0.5) is 5.13 Å². The Kier molecular flexibility index (Phi) is 3.86. The van der Waals surface area contributed by atoms with Gasteiger partial charge in [0.25, 0.3) is 0 Å². The van der Waals surface area contributed by atoms with Crippen LogP contribution in [0.1, 0.15) is 44.3 Å². The first kappa shape index (κ1) is 14.0. The molecule has 0 aromatic carbocycles. The third-order valence-electron chi connectivity index (χ3n) is 2.64. The first-order valence-corrected chi connectivity index (χ1v) is 6.83. The van der Waals surface area contributed by atoms with Crippen molar-refractivity contribution in [2.24, 2.45) is 5.41 Å². The van der Waals surface area contributed by atoms with Gasteiger partial charge < -0.3 is 15.0 Å². The fourth-order valence-corrected chi connectivity index (χ4v) is 2.41. The number of anilines is 1. The van der Waals surface area contributed by atoms with E-state index in [1.54, 1.807) is 7.11 Å². The van der Waals surface area contributed by atoms with E-state index in [0.717, 1.165) is 5.69 Å². The van der Waals surface area contributed by atoms with Gasteiger partial charge in [-0.3, -0.25) is 0 Å². The lowest BCUT2D eigenvalue weighted by molar-refractivity contribution is 0.00718. The first-order valence-electron chi connectivity index (χ1n) is 5.95.